The molecule has 1 aliphatic carbocycles. The van der Waals surface area contributed by atoms with E-state index in [-0.39, 0.29) is 17.3 Å². The summed E-state index contributed by atoms with van der Waals surface area (Å²) in [6, 6.07) is 5.14. The van der Waals surface area contributed by atoms with Gasteiger partial charge < -0.3 is 5.32 Å². The van der Waals surface area contributed by atoms with Crippen molar-refractivity contribution in [2.75, 3.05) is 0 Å². The average molecular weight is 278 g/mol. The van der Waals surface area contributed by atoms with Crippen molar-refractivity contribution < 1.29 is 4.79 Å². The lowest BCUT2D eigenvalue weighted by Gasteiger charge is -2.20. The maximum absolute atomic E-state index is 12.1. The normalized spacial score (nSPS) is 23.2. The summed E-state index contributed by atoms with van der Waals surface area (Å²) in [5, 5.41) is 11.6. The van der Waals surface area contributed by atoms with Crippen LogP contribution < -0.4 is 5.32 Å². The summed E-state index contributed by atoms with van der Waals surface area (Å²) in [5.74, 6) is -0.220. The van der Waals surface area contributed by atoms with E-state index in [1.807, 2.05) is 6.07 Å². The van der Waals surface area contributed by atoms with Gasteiger partial charge in [-0.05, 0) is 25.0 Å². The van der Waals surface area contributed by atoms with E-state index in [1.54, 1.807) is 12.1 Å². The van der Waals surface area contributed by atoms with Crippen molar-refractivity contribution in [1.29, 1.82) is 5.26 Å². The monoisotopic (exact) mass is 277 g/mol. The lowest BCUT2D eigenvalue weighted by molar-refractivity contribution is 0.0929. The molecule has 4 nitrogen and oxygen atoms in total. The summed E-state index contributed by atoms with van der Waals surface area (Å²) in [6.07, 6.45) is 6.64. The number of hydrogen-bond acceptors (Lipinski definition) is 3. The molecule has 100 valence electrons. The summed E-state index contributed by atoms with van der Waals surface area (Å²) >= 11 is 6.29. The molecular formula is C14H16ClN3O. The standard InChI is InChI=1S/C14H16ClN3O/c15-11-4-2-1-3-5-12(11)18-14(19)13-7-6-10(8-16)9-17-13/h6-7,9,11-12H,1-5H2,(H,18,19). The molecule has 0 saturated heterocycles. The van der Waals surface area contributed by atoms with Gasteiger partial charge in [0.05, 0.1) is 10.9 Å². The summed E-state index contributed by atoms with van der Waals surface area (Å²) in [7, 11) is 0. The minimum atomic E-state index is -0.220. The number of rotatable bonds is 2. The van der Waals surface area contributed by atoms with Gasteiger partial charge in [-0.15, -0.1) is 11.6 Å². The number of nitrogens with zero attached hydrogens (tertiary/aromatic N) is 2. The van der Waals surface area contributed by atoms with Crippen LogP contribution in [0.4, 0.5) is 0 Å². The average Bonchev–Trinajstić information content (AvgIpc) is 2.64. The van der Waals surface area contributed by atoms with Gasteiger partial charge in [-0.2, -0.15) is 5.26 Å². The van der Waals surface area contributed by atoms with Gasteiger partial charge in [-0.1, -0.05) is 19.3 Å². The fraction of sp³-hybridized carbons (Fsp3) is 0.500. The van der Waals surface area contributed by atoms with Crippen molar-refractivity contribution in [3.63, 3.8) is 0 Å². The van der Waals surface area contributed by atoms with Crippen molar-refractivity contribution in [3.8, 4) is 6.07 Å². The van der Waals surface area contributed by atoms with E-state index in [1.165, 1.54) is 12.6 Å². The fourth-order valence-corrected chi connectivity index (χ4v) is 2.60. The molecule has 0 spiro atoms. The molecule has 1 aromatic heterocycles. The molecule has 1 amide bonds. The molecule has 1 fully saturated rings. The van der Waals surface area contributed by atoms with Crippen LogP contribution in [0, 0.1) is 11.3 Å². The highest BCUT2D eigenvalue weighted by molar-refractivity contribution is 6.21. The number of amides is 1. The first kappa shape index (κ1) is 13.8. The Bertz CT molecular complexity index is 480. The van der Waals surface area contributed by atoms with Crippen molar-refractivity contribution in [3.05, 3.63) is 29.6 Å². The molecule has 5 heteroatoms. The van der Waals surface area contributed by atoms with Gasteiger partial charge in [-0.25, -0.2) is 4.98 Å². The topological polar surface area (TPSA) is 65.8 Å². The number of nitrogens with one attached hydrogen (secondary N) is 1. The number of nitriles is 1. The SMILES string of the molecule is N#Cc1ccc(C(=O)NC2CCCCCC2Cl)nc1. The van der Waals surface area contributed by atoms with Crippen LogP contribution in [0.2, 0.25) is 0 Å². The smallest absolute Gasteiger partial charge is 0.270 e. The third-order valence-electron chi connectivity index (χ3n) is 3.37. The molecule has 1 N–H and O–H groups in total. The van der Waals surface area contributed by atoms with Crippen molar-refractivity contribution in [2.45, 2.75) is 43.5 Å². The van der Waals surface area contributed by atoms with E-state index in [9.17, 15) is 4.79 Å². The second-order valence-electron chi connectivity index (χ2n) is 4.78. The highest BCUT2D eigenvalue weighted by Gasteiger charge is 2.24. The second kappa shape index (κ2) is 6.53. The second-order valence-corrected chi connectivity index (χ2v) is 5.34. The van der Waals surface area contributed by atoms with E-state index < -0.39 is 0 Å². The molecule has 2 rings (SSSR count). The molecule has 1 saturated carbocycles. The van der Waals surface area contributed by atoms with Crippen LogP contribution in [-0.2, 0) is 0 Å². The van der Waals surface area contributed by atoms with Crippen LogP contribution in [0.1, 0.15) is 48.2 Å². The summed E-state index contributed by atoms with van der Waals surface area (Å²) < 4.78 is 0. The molecule has 0 radical (unpaired) electrons. The van der Waals surface area contributed by atoms with Crippen LogP contribution in [0.3, 0.4) is 0 Å². The number of halogens is 1. The van der Waals surface area contributed by atoms with Gasteiger partial charge in [0, 0.05) is 12.2 Å². The summed E-state index contributed by atoms with van der Waals surface area (Å²) in [6.45, 7) is 0. The first-order chi connectivity index (χ1) is 9.20. The number of pyridine rings is 1. The first-order valence-electron chi connectivity index (χ1n) is 6.52. The molecule has 1 aromatic rings. The maximum Gasteiger partial charge on any atom is 0.270 e. The lowest BCUT2D eigenvalue weighted by Crippen LogP contribution is -2.40. The molecular weight excluding hydrogens is 262 g/mol. The van der Waals surface area contributed by atoms with Crippen LogP contribution in [0.5, 0.6) is 0 Å². The summed E-state index contributed by atoms with van der Waals surface area (Å²) in [4.78, 5) is 16.0. The van der Waals surface area contributed by atoms with Crippen LogP contribution in [0.15, 0.2) is 18.3 Å². The van der Waals surface area contributed by atoms with E-state index in [0.717, 1.165) is 25.7 Å². The molecule has 19 heavy (non-hydrogen) atoms. The Morgan fingerprint density at radius 3 is 2.84 bits per heavy atom. The van der Waals surface area contributed by atoms with Crippen LogP contribution >= 0.6 is 11.6 Å². The van der Waals surface area contributed by atoms with Crippen molar-refractivity contribution in [1.82, 2.24) is 10.3 Å². The number of carbonyl (C=O) groups is 1. The minimum Gasteiger partial charge on any atom is -0.346 e. The zero-order chi connectivity index (χ0) is 13.7. The quantitative estimate of drug-likeness (QED) is 0.667. The third kappa shape index (κ3) is 3.68. The largest absolute Gasteiger partial charge is 0.346 e. The number of carbonyl (C=O) groups excluding carboxylic acids is 1. The lowest BCUT2D eigenvalue weighted by atomic mass is 10.1. The maximum atomic E-state index is 12.1. The van der Waals surface area contributed by atoms with Gasteiger partial charge in [0.2, 0.25) is 0 Å². The third-order valence-corrected chi connectivity index (χ3v) is 3.90. The van der Waals surface area contributed by atoms with Crippen molar-refractivity contribution in [2.24, 2.45) is 0 Å². The van der Waals surface area contributed by atoms with Gasteiger partial charge in [0.25, 0.3) is 5.91 Å². The number of hydrogen-bond donors (Lipinski definition) is 1. The van der Waals surface area contributed by atoms with Crippen molar-refractivity contribution >= 4 is 17.5 Å². The van der Waals surface area contributed by atoms with Gasteiger partial charge in [0.15, 0.2) is 0 Å². The van der Waals surface area contributed by atoms with Crippen LogP contribution in [0.25, 0.3) is 0 Å². The zero-order valence-electron chi connectivity index (χ0n) is 10.6. The molecule has 0 aliphatic heterocycles. The first-order valence-corrected chi connectivity index (χ1v) is 6.95. The van der Waals surface area contributed by atoms with E-state index in [0.29, 0.717) is 11.3 Å². The predicted molar refractivity (Wildman–Crippen MR) is 72.9 cm³/mol. The number of aromatic nitrogens is 1. The molecule has 1 aliphatic rings. The molecule has 2 unspecified atom stereocenters. The Kier molecular flexibility index (Phi) is 4.75. The van der Waals surface area contributed by atoms with Gasteiger partial charge in [-0.3, -0.25) is 4.79 Å². The highest BCUT2D eigenvalue weighted by Crippen LogP contribution is 2.22. The van der Waals surface area contributed by atoms with E-state index in [4.69, 9.17) is 16.9 Å². The number of alkyl halides is 1. The molecule has 1 heterocycles. The zero-order valence-corrected chi connectivity index (χ0v) is 11.4. The summed E-state index contributed by atoms with van der Waals surface area (Å²) in [5.41, 5.74) is 0.772. The van der Waals surface area contributed by atoms with E-state index in [2.05, 4.69) is 10.3 Å². The minimum absolute atomic E-state index is 0.00844. The molecule has 0 aromatic carbocycles. The van der Waals surface area contributed by atoms with Gasteiger partial charge in [0.1, 0.15) is 11.8 Å². The van der Waals surface area contributed by atoms with Gasteiger partial charge >= 0.3 is 0 Å². The highest BCUT2D eigenvalue weighted by atomic mass is 35.5. The van der Waals surface area contributed by atoms with Crippen LogP contribution in [-0.4, -0.2) is 22.3 Å². The Labute approximate surface area is 117 Å². The Morgan fingerprint density at radius 2 is 2.16 bits per heavy atom. The molecule has 2 atom stereocenters. The predicted octanol–water partition coefficient (Wildman–Crippen LogP) is 2.62. The van der Waals surface area contributed by atoms with E-state index >= 15 is 0 Å². The Balaban J connectivity index is 2.01. The molecule has 0 bridgehead atoms. The Hall–Kier alpha value is -1.60. The fourth-order valence-electron chi connectivity index (χ4n) is 2.26. The Morgan fingerprint density at radius 1 is 1.37 bits per heavy atom.